The minimum Gasteiger partial charge on any atom is -0.393 e. The fourth-order valence-corrected chi connectivity index (χ4v) is 1.75. The number of halogens is 1. The highest BCUT2D eigenvalue weighted by atomic mass is 35.5. The number of aliphatic hydroxyl groups excluding tert-OH is 1. The van der Waals surface area contributed by atoms with E-state index in [-0.39, 0.29) is 12.2 Å². The van der Waals surface area contributed by atoms with Crippen molar-refractivity contribution in [1.29, 1.82) is 0 Å². The molecule has 0 aromatic carbocycles. The van der Waals surface area contributed by atoms with Gasteiger partial charge in [-0.1, -0.05) is 50.9 Å². The van der Waals surface area contributed by atoms with Gasteiger partial charge in [0.25, 0.3) is 0 Å². The van der Waals surface area contributed by atoms with E-state index in [1.807, 2.05) is 46.8 Å². The first-order valence-corrected chi connectivity index (χ1v) is 7.75. The Balaban J connectivity index is 0. The minimum atomic E-state index is -0.193. The molecular weight excluding hydrogens is 260 g/mol. The summed E-state index contributed by atoms with van der Waals surface area (Å²) < 4.78 is 5.57. The SMILES string of the molecule is C/C(Cl)=C\C=C(/C)CC1CC(O)CCO1.CC.CC. The predicted octanol–water partition coefficient (Wildman–Crippen LogP) is 5.06. The number of rotatable bonds is 3. The highest BCUT2D eigenvalue weighted by Gasteiger charge is 2.20. The van der Waals surface area contributed by atoms with Crippen LogP contribution in [0.25, 0.3) is 0 Å². The van der Waals surface area contributed by atoms with Gasteiger partial charge in [-0.15, -0.1) is 0 Å². The lowest BCUT2D eigenvalue weighted by Crippen LogP contribution is -2.28. The molecule has 1 aliphatic rings. The van der Waals surface area contributed by atoms with Gasteiger partial charge >= 0.3 is 0 Å². The second-order valence-electron chi connectivity index (χ2n) is 4.14. The molecule has 1 aliphatic heterocycles. The molecule has 0 amide bonds. The highest BCUT2D eigenvalue weighted by Crippen LogP contribution is 2.20. The van der Waals surface area contributed by atoms with E-state index in [0.29, 0.717) is 6.61 Å². The number of aliphatic hydroxyl groups is 1. The normalized spacial score (nSPS) is 23.8. The van der Waals surface area contributed by atoms with Crippen LogP contribution in [0.2, 0.25) is 0 Å². The number of allylic oxidation sites excluding steroid dienone is 3. The Hall–Kier alpha value is -0.310. The van der Waals surface area contributed by atoms with Crippen molar-refractivity contribution in [2.24, 2.45) is 0 Å². The van der Waals surface area contributed by atoms with Crippen LogP contribution in [-0.2, 0) is 4.74 Å². The molecule has 19 heavy (non-hydrogen) atoms. The molecule has 114 valence electrons. The van der Waals surface area contributed by atoms with Crippen LogP contribution >= 0.6 is 11.6 Å². The Labute approximate surface area is 124 Å². The van der Waals surface area contributed by atoms with Crippen molar-refractivity contribution in [1.82, 2.24) is 0 Å². The topological polar surface area (TPSA) is 29.5 Å². The zero-order valence-corrected chi connectivity index (χ0v) is 14.1. The molecule has 0 radical (unpaired) electrons. The van der Waals surface area contributed by atoms with Crippen molar-refractivity contribution >= 4 is 11.6 Å². The van der Waals surface area contributed by atoms with Crippen LogP contribution in [0.3, 0.4) is 0 Å². The zero-order chi connectivity index (χ0) is 15.3. The van der Waals surface area contributed by atoms with Gasteiger partial charge in [0.05, 0.1) is 12.2 Å². The Morgan fingerprint density at radius 3 is 2.26 bits per heavy atom. The molecule has 3 heteroatoms. The maximum atomic E-state index is 9.48. The van der Waals surface area contributed by atoms with E-state index in [1.54, 1.807) is 0 Å². The Bertz CT molecular complexity index is 255. The van der Waals surface area contributed by atoms with Crippen molar-refractivity contribution < 1.29 is 9.84 Å². The molecule has 0 aromatic heterocycles. The Kier molecular flexibility index (Phi) is 15.6. The fraction of sp³-hybridized carbons (Fsp3) is 0.750. The summed E-state index contributed by atoms with van der Waals surface area (Å²) in [6, 6.07) is 0. The van der Waals surface area contributed by atoms with E-state index in [4.69, 9.17) is 16.3 Å². The molecular formula is C16H31ClO2. The van der Waals surface area contributed by atoms with Crippen LogP contribution in [0.5, 0.6) is 0 Å². The van der Waals surface area contributed by atoms with E-state index in [1.165, 1.54) is 5.57 Å². The largest absolute Gasteiger partial charge is 0.393 e. The molecule has 0 aliphatic carbocycles. The number of hydrogen-bond acceptors (Lipinski definition) is 2. The summed E-state index contributed by atoms with van der Waals surface area (Å²) in [5.74, 6) is 0. The minimum absolute atomic E-state index is 0.161. The van der Waals surface area contributed by atoms with Gasteiger partial charge < -0.3 is 9.84 Å². The van der Waals surface area contributed by atoms with Crippen LogP contribution in [0, 0.1) is 0 Å². The monoisotopic (exact) mass is 290 g/mol. The average Bonchev–Trinajstić information content (AvgIpc) is 2.41. The smallest absolute Gasteiger partial charge is 0.0636 e. The quantitative estimate of drug-likeness (QED) is 0.736. The first-order valence-electron chi connectivity index (χ1n) is 7.37. The molecule has 1 N–H and O–H groups in total. The first kappa shape index (κ1) is 21.0. The predicted molar refractivity (Wildman–Crippen MR) is 85.7 cm³/mol. The molecule has 1 rings (SSSR count). The summed E-state index contributed by atoms with van der Waals surface area (Å²) in [6.07, 6.45) is 6.24. The molecule has 2 nitrogen and oxygen atoms in total. The van der Waals surface area contributed by atoms with E-state index < -0.39 is 0 Å². The average molecular weight is 291 g/mol. The van der Waals surface area contributed by atoms with E-state index in [2.05, 4.69) is 6.92 Å². The molecule has 0 saturated carbocycles. The molecule has 0 spiro atoms. The van der Waals surface area contributed by atoms with E-state index in [0.717, 1.165) is 24.3 Å². The van der Waals surface area contributed by atoms with Gasteiger partial charge in [0, 0.05) is 11.6 Å². The molecule has 0 bridgehead atoms. The number of hydrogen-bond donors (Lipinski definition) is 1. The lowest BCUT2D eigenvalue weighted by Gasteiger charge is -2.26. The zero-order valence-electron chi connectivity index (χ0n) is 13.4. The highest BCUT2D eigenvalue weighted by molar-refractivity contribution is 6.29. The molecule has 1 heterocycles. The lowest BCUT2D eigenvalue weighted by atomic mass is 10.00. The van der Waals surface area contributed by atoms with Crippen molar-refractivity contribution in [3.05, 3.63) is 22.8 Å². The van der Waals surface area contributed by atoms with Crippen molar-refractivity contribution in [2.45, 2.75) is 73.0 Å². The third kappa shape index (κ3) is 12.5. The third-order valence-electron chi connectivity index (χ3n) is 2.49. The van der Waals surface area contributed by atoms with E-state index in [9.17, 15) is 5.11 Å². The van der Waals surface area contributed by atoms with E-state index >= 15 is 0 Å². The van der Waals surface area contributed by atoms with Crippen LogP contribution < -0.4 is 0 Å². The van der Waals surface area contributed by atoms with Gasteiger partial charge in [-0.25, -0.2) is 0 Å². The Morgan fingerprint density at radius 1 is 1.21 bits per heavy atom. The second-order valence-corrected chi connectivity index (χ2v) is 4.74. The van der Waals surface area contributed by atoms with Gasteiger partial charge in [0.2, 0.25) is 0 Å². The van der Waals surface area contributed by atoms with Crippen LogP contribution in [0.1, 0.15) is 60.8 Å². The molecule has 2 unspecified atom stereocenters. The second kappa shape index (κ2) is 14.1. The lowest BCUT2D eigenvalue weighted by molar-refractivity contribution is -0.0422. The van der Waals surface area contributed by atoms with Crippen LogP contribution in [-0.4, -0.2) is 23.9 Å². The summed E-state index contributed by atoms with van der Waals surface area (Å²) in [6.45, 7) is 12.6. The maximum Gasteiger partial charge on any atom is 0.0636 e. The molecule has 1 saturated heterocycles. The van der Waals surface area contributed by atoms with Crippen molar-refractivity contribution in [2.75, 3.05) is 6.61 Å². The maximum absolute atomic E-state index is 9.48. The summed E-state index contributed by atoms with van der Waals surface area (Å²) in [5.41, 5.74) is 1.23. The van der Waals surface area contributed by atoms with Crippen LogP contribution in [0.15, 0.2) is 22.8 Å². The fourth-order valence-electron chi connectivity index (χ4n) is 1.69. The van der Waals surface area contributed by atoms with Crippen molar-refractivity contribution in [3.63, 3.8) is 0 Å². The number of ether oxygens (including phenoxy) is 1. The first-order chi connectivity index (χ1) is 9.08. The molecule has 1 fully saturated rings. The van der Waals surface area contributed by atoms with Gasteiger partial charge in [0.15, 0.2) is 0 Å². The van der Waals surface area contributed by atoms with Crippen molar-refractivity contribution in [3.8, 4) is 0 Å². The third-order valence-corrected chi connectivity index (χ3v) is 2.61. The Morgan fingerprint density at radius 2 is 1.79 bits per heavy atom. The summed E-state index contributed by atoms with van der Waals surface area (Å²) in [5, 5.41) is 10.3. The standard InChI is InChI=1S/C12H19ClO2.2C2H6/c1-9(3-4-10(2)13)7-12-8-11(14)5-6-15-12;2*1-2/h3-4,11-12,14H,5-8H2,1-2H3;2*1-2H3/b9-3+,10-4+;;. The molecule has 2 atom stereocenters. The van der Waals surface area contributed by atoms with Crippen LogP contribution in [0.4, 0.5) is 0 Å². The summed E-state index contributed by atoms with van der Waals surface area (Å²) in [4.78, 5) is 0. The van der Waals surface area contributed by atoms with Gasteiger partial charge in [0.1, 0.15) is 0 Å². The molecule has 0 aromatic rings. The summed E-state index contributed by atoms with van der Waals surface area (Å²) >= 11 is 5.73. The summed E-state index contributed by atoms with van der Waals surface area (Å²) in [7, 11) is 0. The van der Waals surface area contributed by atoms with Gasteiger partial charge in [-0.3, -0.25) is 0 Å². The van der Waals surface area contributed by atoms with Gasteiger partial charge in [-0.05, 0) is 39.2 Å². The van der Waals surface area contributed by atoms with Gasteiger partial charge in [-0.2, -0.15) is 0 Å².